The van der Waals surface area contributed by atoms with Crippen molar-refractivity contribution in [2.45, 2.75) is 32.7 Å². The fourth-order valence-corrected chi connectivity index (χ4v) is 0.850. The second-order valence-electron chi connectivity index (χ2n) is 2.82. The summed E-state index contributed by atoms with van der Waals surface area (Å²) in [4.78, 5) is 0. The average molecular weight is 136 g/mol. The van der Waals surface area contributed by atoms with Crippen LogP contribution in [0.2, 0.25) is 0 Å². The number of nitrogens with two attached hydrogens (primary N) is 1. The highest BCUT2D eigenvalue weighted by atomic mass is 35.5. The minimum atomic E-state index is 0. The Morgan fingerprint density at radius 1 is 1.75 bits per heavy atom. The van der Waals surface area contributed by atoms with Gasteiger partial charge in [0.25, 0.3) is 0 Å². The lowest BCUT2D eigenvalue weighted by Crippen LogP contribution is -2.08. The highest BCUT2D eigenvalue weighted by molar-refractivity contribution is 5.85. The molecule has 50 valence electrons. The largest absolute Gasteiger partial charge is 0.327 e. The molecule has 1 aliphatic carbocycles. The fourth-order valence-electron chi connectivity index (χ4n) is 0.850. The van der Waals surface area contributed by atoms with Crippen molar-refractivity contribution < 1.29 is 0 Å². The van der Waals surface area contributed by atoms with E-state index >= 15 is 0 Å². The molecular formula is C6H14ClN. The topological polar surface area (TPSA) is 26.0 Å². The van der Waals surface area contributed by atoms with Crippen molar-refractivity contribution in [3.63, 3.8) is 0 Å². The summed E-state index contributed by atoms with van der Waals surface area (Å²) >= 11 is 0. The van der Waals surface area contributed by atoms with Gasteiger partial charge in [-0.25, -0.2) is 0 Å². The standard InChI is InChI=1S/C6H13N.ClH/c1-3-6(2)4-5(6)7;/h5H,3-4,7H2,1-2H3;1H. The van der Waals surface area contributed by atoms with Crippen LogP contribution in [0.15, 0.2) is 0 Å². The summed E-state index contributed by atoms with van der Waals surface area (Å²) in [5, 5.41) is 0. The minimum absolute atomic E-state index is 0. The van der Waals surface area contributed by atoms with Gasteiger partial charge < -0.3 is 5.73 Å². The van der Waals surface area contributed by atoms with Crippen molar-refractivity contribution >= 4 is 12.4 Å². The second-order valence-corrected chi connectivity index (χ2v) is 2.82. The molecule has 1 aliphatic rings. The minimum Gasteiger partial charge on any atom is -0.327 e. The lowest BCUT2D eigenvalue weighted by Gasteiger charge is -2.00. The number of hydrogen-bond donors (Lipinski definition) is 1. The van der Waals surface area contributed by atoms with Crippen molar-refractivity contribution in [3.05, 3.63) is 0 Å². The van der Waals surface area contributed by atoms with Crippen LogP contribution in [-0.2, 0) is 0 Å². The van der Waals surface area contributed by atoms with Crippen molar-refractivity contribution in [1.82, 2.24) is 0 Å². The first-order chi connectivity index (χ1) is 3.19. The SMILES string of the molecule is CCC1(C)CC1N.Cl. The quantitative estimate of drug-likeness (QED) is 0.580. The first-order valence-corrected chi connectivity index (χ1v) is 2.94. The van der Waals surface area contributed by atoms with E-state index < -0.39 is 0 Å². The van der Waals surface area contributed by atoms with Crippen LogP contribution in [-0.4, -0.2) is 6.04 Å². The zero-order chi connectivity index (χ0) is 5.49. The van der Waals surface area contributed by atoms with E-state index in [9.17, 15) is 0 Å². The van der Waals surface area contributed by atoms with E-state index in [1.54, 1.807) is 0 Å². The fraction of sp³-hybridized carbons (Fsp3) is 1.00. The molecule has 0 spiro atoms. The zero-order valence-corrected chi connectivity index (χ0v) is 6.29. The van der Waals surface area contributed by atoms with E-state index in [-0.39, 0.29) is 12.4 Å². The summed E-state index contributed by atoms with van der Waals surface area (Å²) < 4.78 is 0. The van der Waals surface area contributed by atoms with Gasteiger partial charge in [0.15, 0.2) is 0 Å². The van der Waals surface area contributed by atoms with Gasteiger partial charge in [0, 0.05) is 6.04 Å². The Hall–Kier alpha value is 0.250. The molecule has 0 aromatic carbocycles. The highest BCUT2D eigenvalue weighted by Crippen LogP contribution is 2.46. The first-order valence-electron chi connectivity index (χ1n) is 2.94. The van der Waals surface area contributed by atoms with Gasteiger partial charge in [-0.3, -0.25) is 0 Å². The molecule has 1 nitrogen and oxygen atoms in total. The molecule has 8 heavy (non-hydrogen) atoms. The number of halogens is 1. The molecular weight excluding hydrogens is 122 g/mol. The molecule has 1 saturated carbocycles. The van der Waals surface area contributed by atoms with Gasteiger partial charge in [-0.05, 0) is 18.3 Å². The monoisotopic (exact) mass is 135 g/mol. The van der Waals surface area contributed by atoms with Crippen LogP contribution < -0.4 is 5.73 Å². The maximum atomic E-state index is 5.61. The molecule has 0 amide bonds. The Balaban J connectivity index is 0.000000490. The maximum absolute atomic E-state index is 5.61. The molecule has 1 fully saturated rings. The first kappa shape index (κ1) is 8.25. The molecule has 2 N–H and O–H groups in total. The van der Waals surface area contributed by atoms with Crippen molar-refractivity contribution in [2.75, 3.05) is 0 Å². The third-order valence-electron chi connectivity index (χ3n) is 2.23. The van der Waals surface area contributed by atoms with Crippen LogP contribution >= 0.6 is 12.4 Å². The molecule has 0 aromatic heterocycles. The predicted octanol–water partition coefficient (Wildman–Crippen LogP) is 1.56. The van der Waals surface area contributed by atoms with Crippen molar-refractivity contribution in [2.24, 2.45) is 11.1 Å². The molecule has 0 bridgehead atoms. The van der Waals surface area contributed by atoms with Crippen LogP contribution in [0.25, 0.3) is 0 Å². The summed E-state index contributed by atoms with van der Waals surface area (Å²) in [6.45, 7) is 4.45. The number of hydrogen-bond acceptors (Lipinski definition) is 1. The van der Waals surface area contributed by atoms with Crippen LogP contribution in [0.5, 0.6) is 0 Å². The lowest BCUT2D eigenvalue weighted by atomic mass is 10.1. The van der Waals surface area contributed by atoms with E-state index in [0.29, 0.717) is 11.5 Å². The van der Waals surface area contributed by atoms with E-state index in [1.807, 2.05) is 0 Å². The molecule has 0 aliphatic heterocycles. The van der Waals surface area contributed by atoms with Crippen LogP contribution in [0, 0.1) is 5.41 Å². The summed E-state index contributed by atoms with van der Waals surface area (Å²) in [6, 6.07) is 0.512. The zero-order valence-electron chi connectivity index (χ0n) is 5.48. The van der Waals surface area contributed by atoms with Crippen molar-refractivity contribution in [1.29, 1.82) is 0 Å². The molecule has 1 rings (SSSR count). The molecule has 2 atom stereocenters. The molecule has 2 unspecified atom stereocenters. The third kappa shape index (κ3) is 1.15. The van der Waals surface area contributed by atoms with Gasteiger partial charge in [0.2, 0.25) is 0 Å². The maximum Gasteiger partial charge on any atom is 0.00991 e. The highest BCUT2D eigenvalue weighted by Gasteiger charge is 2.45. The Kier molecular flexibility index (Phi) is 2.31. The van der Waals surface area contributed by atoms with Gasteiger partial charge in [0.1, 0.15) is 0 Å². The average Bonchev–Trinajstić information content (AvgIpc) is 2.18. The van der Waals surface area contributed by atoms with Gasteiger partial charge >= 0.3 is 0 Å². The van der Waals surface area contributed by atoms with E-state index in [1.165, 1.54) is 12.8 Å². The van der Waals surface area contributed by atoms with Crippen LogP contribution in [0.1, 0.15) is 26.7 Å². The van der Waals surface area contributed by atoms with E-state index in [2.05, 4.69) is 13.8 Å². The molecule has 0 saturated heterocycles. The summed E-state index contributed by atoms with van der Waals surface area (Å²) in [7, 11) is 0. The van der Waals surface area contributed by atoms with Gasteiger partial charge in [0.05, 0.1) is 0 Å². The Morgan fingerprint density at radius 2 is 2.12 bits per heavy atom. The van der Waals surface area contributed by atoms with Crippen LogP contribution in [0.3, 0.4) is 0 Å². The summed E-state index contributed by atoms with van der Waals surface area (Å²) in [5.74, 6) is 0. The normalized spacial score (nSPS) is 43.1. The Bertz CT molecular complexity index is 80.6. The van der Waals surface area contributed by atoms with Gasteiger partial charge in [-0.15, -0.1) is 12.4 Å². The molecule has 0 heterocycles. The smallest absolute Gasteiger partial charge is 0.00991 e. The van der Waals surface area contributed by atoms with E-state index in [0.717, 1.165) is 0 Å². The predicted molar refractivity (Wildman–Crippen MR) is 38.2 cm³/mol. The Labute approximate surface area is 57.1 Å². The third-order valence-corrected chi connectivity index (χ3v) is 2.23. The molecule has 2 heteroatoms. The lowest BCUT2D eigenvalue weighted by molar-refractivity contribution is 0.526. The summed E-state index contributed by atoms with van der Waals surface area (Å²) in [6.07, 6.45) is 2.48. The molecule has 0 radical (unpaired) electrons. The second kappa shape index (κ2) is 2.24. The van der Waals surface area contributed by atoms with Crippen molar-refractivity contribution in [3.8, 4) is 0 Å². The van der Waals surface area contributed by atoms with Gasteiger partial charge in [-0.1, -0.05) is 13.8 Å². The van der Waals surface area contributed by atoms with Crippen LogP contribution in [0.4, 0.5) is 0 Å². The molecule has 0 aromatic rings. The van der Waals surface area contributed by atoms with E-state index in [4.69, 9.17) is 5.73 Å². The van der Waals surface area contributed by atoms with Gasteiger partial charge in [-0.2, -0.15) is 0 Å². The number of rotatable bonds is 1. The Morgan fingerprint density at radius 3 is 2.12 bits per heavy atom. The summed E-state index contributed by atoms with van der Waals surface area (Å²) in [5.41, 5.74) is 6.14.